The number of carbonyl (C=O) groups excluding carboxylic acids is 1. The standard InChI is InChI=1S/C17H12BrClF3N3OS/c18-14-5-4-12(27-14)6-7-23-16(26)13-9-24-25(15(13)17(20,21)22)11-3-1-2-10(19)8-11/h1-5,8-9H,6-7H2,(H,23,26). The summed E-state index contributed by atoms with van der Waals surface area (Å²) in [6.07, 6.45) is -3.32. The molecule has 2 heterocycles. The summed E-state index contributed by atoms with van der Waals surface area (Å²) in [5.41, 5.74) is -1.55. The Morgan fingerprint density at radius 1 is 1.30 bits per heavy atom. The molecular weight excluding hydrogens is 467 g/mol. The highest BCUT2D eigenvalue weighted by Crippen LogP contribution is 2.34. The van der Waals surface area contributed by atoms with E-state index < -0.39 is 23.3 Å². The van der Waals surface area contributed by atoms with E-state index in [4.69, 9.17) is 11.6 Å². The second-order valence-corrected chi connectivity index (χ2v) is 8.49. The molecule has 0 bridgehead atoms. The Bertz CT molecular complexity index is 970. The molecule has 2 aromatic heterocycles. The minimum Gasteiger partial charge on any atom is -0.352 e. The van der Waals surface area contributed by atoms with Gasteiger partial charge in [0.15, 0.2) is 5.69 Å². The zero-order valence-corrected chi connectivity index (χ0v) is 16.7. The fourth-order valence-corrected chi connectivity index (χ4v) is 4.14. The van der Waals surface area contributed by atoms with Crippen LogP contribution in [0.5, 0.6) is 0 Å². The molecule has 0 spiro atoms. The number of nitrogens with zero attached hydrogens (tertiary/aromatic N) is 2. The van der Waals surface area contributed by atoms with Crippen molar-refractivity contribution in [3.05, 3.63) is 67.5 Å². The predicted octanol–water partition coefficient (Wildman–Crippen LogP) is 5.34. The maximum absolute atomic E-state index is 13.6. The molecule has 1 aromatic carbocycles. The van der Waals surface area contributed by atoms with Gasteiger partial charge in [-0.25, -0.2) is 4.68 Å². The first-order valence-electron chi connectivity index (χ1n) is 7.69. The van der Waals surface area contributed by atoms with Crippen LogP contribution in [0, 0.1) is 0 Å². The first kappa shape index (κ1) is 19.9. The largest absolute Gasteiger partial charge is 0.434 e. The summed E-state index contributed by atoms with van der Waals surface area (Å²) in [6, 6.07) is 9.60. The Labute approximate surface area is 170 Å². The van der Waals surface area contributed by atoms with Gasteiger partial charge < -0.3 is 5.32 Å². The molecule has 4 nitrogen and oxygen atoms in total. The van der Waals surface area contributed by atoms with Crippen LogP contribution in [0.25, 0.3) is 5.69 Å². The molecule has 1 amide bonds. The second-order valence-electron chi connectivity index (χ2n) is 5.51. The third kappa shape index (κ3) is 4.72. The van der Waals surface area contributed by atoms with Crippen molar-refractivity contribution in [1.82, 2.24) is 15.1 Å². The van der Waals surface area contributed by atoms with E-state index in [1.54, 1.807) is 6.07 Å². The van der Waals surface area contributed by atoms with Crippen LogP contribution in [0.1, 0.15) is 20.9 Å². The van der Waals surface area contributed by atoms with Crippen molar-refractivity contribution in [3.63, 3.8) is 0 Å². The van der Waals surface area contributed by atoms with Crippen molar-refractivity contribution < 1.29 is 18.0 Å². The SMILES string of the molecule is O=C(NCCc1ccc(Br)s1)c1cnn(-c2cccc(Cl)c2)c1C(F)(F)F. The van der Waals surface area contributed by atoms with Crippen LogP contribution < -0.4 is 5.32 Å². The molecule has 3 rings (SSSR count). The molecule has 142 valence electrons. The van der Waals surface area contributed by atoms with Gasteiger partial charge in [-0.2, -0.15) is 18.3 Å². The molecule has 0 unspecified atom stereocenters. The number of hydrogen-bond acceptors (Lipinski definition) is 3. The van der Waals surface area contributed by atoms with Gasteiger partial charge in [0.1, 0.15) is 0 Å². The van der Waals surface area contributed by atoms with Crippen LogP contribution in [0.3, 0.4) is 0 Å². The molecule has 0 saturated heterocycles. The number of hydrogen-bond donors (Lipinski definition) is 1. The highest BCUT2D eigenvalue weighted by molar-refractivity contribution is 9.11. The summed E-state index contributed by atoms with van der Waals surface area (Å²) in [5, 5.41) is 6.54. The normalized spacial score (nSPS) is 11.6. The van der Waals surface area contributed by atoms with E-state index in [0.29, 0.717) is 11.1 Å². The van der Waals surface area contributed by atoms with Crippen molar-refractivity contribution in [1.29, 1.82) is 0 Å². The summed E-state index contributed by atoms with van der Waals surface area (Å²) < 4.78 is 42.4. The molecule has 0 aliphatic rings. The number of benzene rings is 1. The van der Waals surface area contributed by atoms with Gasteiger partial charge in [-0.05, 0) is 52.7 Å². The summed E-state index contributed by atoms with van der Waals surface area (Å²) >= 11 is 10.7. The van der Waals surface area contributed by atoms with E-state index in [2.05, 4.69) is 26.3 Å². The van der Waals surface area contributed by atoms with Crippen molar-refractivity contribution in [2.75, 3.05) is 6.54 Å². The Morgan fingerprint density at radius 2 is 2.07 bits per heavy atom. The number of halogens is 5. The van der Waals surface area contributed by atoms with Crippen molar-refractivity contribution in [2.24, 2.45) is 0 Å². The zero-order chi connectivity index (χ0) is 19.6. The predicted molar refractivity (Wildman–Crippen MR) is 102 cm³/mol. The molecule has 0 fully saturated rings. The first-order chi connectivity index (χ1) is 12.8. The number of alkyl halides is 3. The Morgan fingerprint density at radius 3 is 2.70 bits per heavy atom. The molecule has 10 heteroatoms. The average Bonchev–Trinajstić information content (AvgIpc) is 3.21. The number of carbonyl (C=O) groups is 1. The molecule has 27 heavy (non-hydrogen) atoms. The Hall–Kier alpha value is -1.84. The van der Waals surface area contributed by atoms with Crippen molar-refractivity contribution in [3.8, 4) is 5.69 Å². The summed E-state index contributed by atoms with van der Waals surface area (Å²) in [4.78, 5) is 13.3. The molecule has 3 aromatic rings. The van der Waals surface area contributed by atoms with Gasteiger partial charge in [0, 0.05) is 16.4 Å². The fourth-order valence-electron chi connectivity index (χ4n) is 2.47. The number of rotatable bonds is 5. The maximum Gasteiger partial charge on any atom is 0.434 e. The quantitative estimate of drug-likeness (QED) is 0.538. The molecule has 0 saturated carbocycles. The van der Waals surface area contributed by atoms with Crippen LogP contribution in [-0.4, -0.2) is 22.2 Å². The maximum atomic E-state index is 13.6. The summed E-state index contributed by atoms with van der Waals surface area (Å²) in [5.74, 6) is -0.828. The topological polar surface area (TPSA) is 46.9 Å². The number of thiophene rings is 1. The van der Waals surface area contributed by atoms with E-state index in [-0.39, 0.29) is 17.3 Å². The van der Waals surface area contributed by atoms with Gasteiger partial charge >= 0.3 is 6.18 Å². The lowest BCUT2D eigenvalue weighted by atomic mass is 10.2. The molecule has 0 aliphatic heterocycles. The van der Waals surface area contributed by atoms with Gasteiger partial charge in [0.05, 0.1) is 21.2 Å². The van der Waals surface area contributed by atoms with Crippen LogP contribution in [0.15, 0.2) is 46.4 Å². The minimum atomic E-state index is -4.76. The van der Waals surface area contributed by atoms with E-state index in [9.17, 15) is 18.0 Å². The lowest BCUT2D eigenvalue weighted by Gasteiger charge is -2.13. The van der Waals surface area contributed by atoms with Crippen LogP contribution in [0.4, 0.5) is 13.2 Å². The van der Waals surface area contributed by atoms with E-state index in [0.717, 1.165) is 14.9 Å². The van der Waals surface area contributed by atoms with Crippen molar-refractivity contribution in [2.45, 2.75) is 12.6 Å². The molecule has 0 atom stereocenters. The van der Waals surface area contributed by atoms with Gasteiger partial charge in [0.2, 0.25) is 0 Å². The highest BCUT2D eigenvalue weighted by atomic mass is 79.9. The molecular formula is C17H12BrClF3N3OS. The monoisotopic (exact) mass is 477 g/mol. The summed E-state index contributed by atoms with van der Waals surface area (Å²) in [7, 11) is 0. The lowest BCUT2D eigenvalue weighted by molar-refractivity contribution is -0.143. The average molecular weight is 479 g/mol. The fraction of sp³-hybridized carbons (Fsp3) is 0.176. The van der Waals surface area contributed by atoms with Gasteiger partial charge in [-0.1, -0.05) is 17.7 Å². The van der Waals surface area contributed by atoms with E-state index >= 15 is 0 Å². The van der Waals surface area contributed by atoms with Gasteiger partial charge in [-0.3, -0.25) is 4.79 Å². The number of aromatic nitrogens is 2. The second kappa shape index (κ2) is 8.04. The van der Waals surface area contributed by atoms with E-state index in [1.807, 2.05) is 12.1 Å². The number of amides is 1. The third-order valence-electron chi connectivity index (χ3n) is 3.62. The summed E-state index contributed by atoms with van der Waals surface area (Å²) in [6.45, 7) is 0.214. The Balaban J connectivity index is 1.83. The van der Waals surface area contributed by atoms with Crippen LogP contribution in [-0.2, 0) is 12.6 Å². The zero-order valence-electron chi connectivity index (χ0n) is 13.6. The van der Waals surface area contributed by atoms with Crippen LogP contribution in [0.2, 0.25) is 5.02 Å². The van der Waals surface area contributed by atoms with E-state index in [1.165, 1.54) is 29.5 Å². The lowest BCUT2D eigenvalue weighted by Crippen LogP contribution is -2.28. The molecule has 0 radical (unpaired) electrons. The Kier molecular flexibility index (Phi) is 5.92. The third-order valence-corrected chi connectivity index (χ3v) is 5.54. The van der Waals surface area contributed by atoms with Crippen molar-refractivity contribution >= 4 is 44.8 Å². The minimum absolute atomic E-state index is 0.123. The first-order valence-corrected chi connectivity index (χ1v) is 9.68. The van der Waals surface area contributed by atoms with Gasteiger partial charge in [0.25, 0.3) is 5.91 Å². The molecule has 0 aliphatic carbocycles. The molecule has 1 N–H and O–H groups in total. The highest BCUT2D eigenvalue weighted by Gasteiger charge is 2.40. The number of nitrogens with one attached hydrogen (secondary N) is 1. The smallest absolute Gasteiger partial charge is 0.352 e. The van der Waals surface area contributed by atoms with Crippen LogP contribution >= 0.6 is 38.9 Å². The van der Waals surface area contributed by atoms with Gasteiger partial charge in [-0.15, -0.1) is 11.3 Å².